The van der Waals surface area contributed by atoms with Crippen molar-refractivity contribution in [1.82, 2.24) is 5.06 Å². The van der Waals surface area contributed by atoms with Gasteiger partial charge in [0.05, 0.1) is 16.7 Å². The quantitative estimate of drug-likeness (QED) is 0.818. The van der Waals surface area contributed by atoms with Crippen LogP contribution in [0.25, 0.3) is 0 Å². The van der Waals surface area contributed by atoms with Crippen molar-refractivity contribution in [3.05, 3.63) is 70.8 Å². The number of carbonyl (C=O) groups excluding carboxylic acids is 3. The van der Waals surface area contributed by atoms with E-state index in [1.807, 2.05) is 12.1 Å². The molecular weight excluding hydrogens is 294 g/mol. The molecule has 0 radical (unpaired) electrons. The number of imide groups is 1. The first-order valence-electron chi connectivity index (χ1n) is 7.45. The van der Waals surface area contributed by atoms with E-state index in [4.69, 9.17) is 4.84 Å². The van der Waals surface area contributed by atoms with Gasteiger partial charge in [0.15, 0.2) is 0 Å². The molecule has 0 N–H and O–H groups in total. The molecule has 0 aromatic heterocycles. The molecule has 2 amide bonds. The molecule has 0 unspecified atom stereocenters. The van der Waals surface area contributed by atoms with Crippen LogP contribution >= 0.6 is 0 Å². The number of rotatable bonds is 3. The summed E-state index contributed by atoms with van der Waals surface area (Å²) in [5, 5.41) is 0.530. The summed E-state index contributed by atoms with van der Waals surface area (Å²) in [4.78, 5) is 41.5. The molecule has 23 heavy (non-hydrogen) atoms. The van der Waals surface area contributed by atoms with E-state index in [9.17, 15) is 14.4 Å². The van der Waals surface area contributed by atoms with Crippen LogP contribution in [0.2, 0.25) is 0 Å². The summed E-state index contributed by atoms with van der Waals surface area (Å²) < 4.78 is 0. The Balaban J connectivity index is 1.53. The third-order valence-electron chi connectivity index (χ3n) is 4.13. The van der Waals surface area contributed by atoms with Crippen molar-refractivity contribution in [3.8, 4) is 0 Å². The van der Waals surface area contributed by atoms with Crippen molar-refractivity contribution in [2.24, 2.45) is 0 Å². The molecule has 5 heteroatoms. The van der Waals surface area contributed by atoms with Gasteiger partial charge in [0.1, 0.15) is 0 Å². The summed E-state index contributed by atoms with van der Waals surface area (Å²) in [6.07, 6.45) is 2.36. The van der Waals surface area contributed by atoms with E-state index in [1.165, 1.54) is 30.5 Å². The topological polar surface area (TPSA) is 63.7 Å². The average Bonchev–Trinajstić information content (AvgIpc) is 3.40. The summed E-state index contributed by atoms with van der Waals surface area (Å²) in [6, 6.07) is 13.5. The Bertz CT molecular complexity index is 786. The number of hydrogen-bond acceptors (Lipinski definition) is 4. The fourth-order valence-electron chi connectivity index (χ4n) is 2.69. The van der Waals surface area contributed by atoms with Crippen LogP contribution in [0.1, 0.15) is 55.4 Å². The molecule has 2 aromatic carbocycles. The predicted octanol–water partition coefficient (Wildman–Crippen LogP) is 2.93. The first-order chi connectivity index (χ1) is 11.1. The summed E-state index contributed by atoms with van der Waals surface area (Å²) in [6.45, 7) is 0. The lowest BCUT2D eigenvalue weighted by molar-refractivity contribution is -0.0584. The smallest absolute Gasteiger partial charge is 0.324 e. The third kappa shape index (κ3) is 2.30. The minimum absolute atomic E-state index is 0.245. The molecule has 0 saturated heterocycles. The second-order valence-corrected chi connectivity index (χ2v) is 5.73. The van der Waals surface area contributed by atoms with Crippen molar-refractivity contribution < 1.29 is 19.2 Å². The number of hydroxylamine groups is 2. The number of carbonyl (C=O) groups is 3. The number of nitrogens with zero attached hydrogens (tertiary/aromatic N) is 1. The summed E-state index contributed by atoms with van der Waals surface area (Å²) in [7, 11) is 0. The standard InChI is InChI=1S/C18H13NO4/c20-16-14-3-1-2-4-15(14)17(21)19(16)23-18(22)13-9-7-12(8-10-13)11-5-6-11/h1-4,7-11H,5-6H2. The van der Waals surface area contributed by atoms with Gasteiger partial charge in [-0.3, -0.25) is 9.59 Å². The van der Waals surface area contributed by atoms with Crippen molar-refractivity contribution in [2.75, 3.05) is 0 Å². The summed E-state index contributed by atoms with van der Waals surface area (Å²) in [5.41, 5.74) is 2.00. The molecule has 1 heterocycles. The Kier molecular flexibility index (Phi) is 3.01. The second-order valence-electron chi connectivity index (χ2n) is 5.73. The summed E-state index contributed by atoms with van der Waals surface area (Å²) in [5.74, 6) is -1.36. The zero-order valence-corrected chi connectivity index (χ0v) is 12.2. The normalized spacial score (nSPS) is 16.4. The molecule has 5 nitrogen and oxygen atoms in total. The Morgan fingerprint density at radius 2 is 1.48 bits per heavy atom. The Labute approximate surface area is 132 Å². The van der Waals surface area contributed by atoms with Gasteiger partial charge < -0.3 is 4.84 Å². The van der Waals surface area contributed by atoms with E-state index in [0.717, 1.165) is 0 Å². The number of benzene rings is 2. The maximum absolute atomic E-state index is 12.2. The highest BCUT2D eigenvalue weighted by Crippen LogP contribution is 2.39. The van der Waals surface area contributed by atoms with Gasteiger partial charge in [0.25, 0.3) is 11.8 Å². The van der Waals surface area contributed by atoms with Gasteiger partial charge in [-0.1, -0.05) is 29.3 Å². The molecule has 4 rings (SSSR count). The zero-order valence-electron chi connectivity index (χ0n) is 12.2. The SMILES string of the molecule is O=C(ON1C(=O)c2ccccc2C1=O)c1ccc(C2CC2)cc1. The monoisotopic (exact) mass is 307 g/mol. The van der Waals surface area contributed by atoms with Crippen molar-refractivity contribution in [3.63, 3.8) is 0 Å². The van der Waals surface area contributed by atoms with Crippen LogP contribution in [0.4, 0.5) is 0 Å². The number of amides is 2. The molecule has 2 aromatic rings. The molecule has 114 valence electrons. The molecule has 1 fully saturated rings. The highest BCUT2D eigenvalue weighted by molar-refractivity contribution is 6.21. The van der Waals surface area contributed by atoms with Crippen LogP contribution in [0, 0.1) is 0 Å². The lowest BCUT2D eigenvalue weighted by Gasteiger charge is -2.12. The lowest BCUT2D eigenvalue weighted by atomic mass is 10.1. The minimum Gasteiger partial charge on any atom is -0.324 e. The summed E-state index contributed by atoms with van der Waals surface area (Å²) >= 11 is 0. The fraction of sp³-hybridized carbons (Fsp3) is 0.167. The van der Waals surface area contributed by atoms with Crippen LogP contribution in [0.3, 0.4) is 0 Å². The largest absolute Gasteiger partial charge is 0.363 e. The molecule has 0 spiro atoms. The molecule has 1 saturated carbocycles. The minimum atomic E-state index is -0.721. The van der Waals surface area contributed by atoms with E-state index in [-0.39, 0.29) is 11.1 Å². The van der Waals surface area contributed by atoms with Crippen molar-refractivity contribution in [1.29, 1.82) is 0 Å². The molecule has 1 aliphatic heterocycles. The van der Waals surface area contributed by atoms with Crippen LogP contribution in [0.5, 0.6) is 0 Å². The van der Waals surface area contributed by atoms with Gasteiger partial charge >= 0.3 is 5.97 Å². The number of fused-ring (bicyclic) bond motifs is 1. The zero-order chi connectivity index (χ0) is 16.0. The van der Waals surface area contributed by atoms with E-state index < -0.39 is 17.8 Å². The van der Waals surface area contributed by atoms with Gasteiger partial charge in [0, 0.05) is 0 Å². The molecular formula is C18H13NO4. The van der Waals surface area contributed by atoms with Crippen molar-refractivity contribution in [2.45, 2.75) is 18.8 Å². The lowest BCUT2D eigenvalue weighted by Crippen LogP contribution is -2.32. The molecule has 1 aliphatic carbocycles. The fourth-order valence-corrected chi connectivity index (χ4v) is 2.69. The van der Waals surface area contributed by atoms with Gasteiger partial charge in [-0.15, -0.1) is 0 Å². The Hall–Kier alpha value is -2.95. The molecule has 0 atom stereocenters. The van der Waals surface area contributed by atoms with Gasteiger partial charge in [-0.25, -0.2) is 4.79 Å². The Morgan fingerprint density at radius 3 is 2.00 bits per heavy atom. The first kappa shape index (κ1) is 13.7. The van der Waals surface area contributed by atoms with Crippen LogP contribution < -0.4 is 0 Å². The highest BCUT2D eigenvalue weighted by Gasteiger charge is 2.38. The average molecular weight is 307 g/mol. The maximum atomic E-state index is 12.2. The van der Waals surface area contributed by atoms with E-state index in [1.54, 1.807) is 24.3 Å². The van der Waals surface area contributed by atoms with Gasteiger partial charge in [-0.05, 0) is 48.6 Å². The van der Waals surface area contributed by atoms with E-state index in [2.05, 4.69) is 0 Å². The predicted molar refractivity (Wildman–Crippen MR) is 80.8 cm³/mol. The maximum Gasteiger partial charge on any atom is 0.363 e. The third-order valence-corrected chi connectivity index (χ3v) is 4.13. The molecule has 0 bridgehead atoms. The number of hydrogen-bond donors (Lipinski definition) is 0. The van der Waals surface area contributed by atoms with Gasteiger partial charge in [-0.2, -0.15) is 0 Å². The van der Waals surface area contributed by atoms with Crippen LogP contribution in [-0.4, -0.2) is 22.8 Å². The second kappa shape index (κ2) is 5.05. The van der Waals surface area contributed by atoms with Crippen LogP contribution in [0.15, 0.2) is 48.5 Å². The molecule has 2 aliphatic rings. The van der Waals surface area contributed by atoms with Gasteiger partial charge in [0.2, 0.25) is 0 Å². The van der Waals surface area contributed by atoms with E-state index in [0.29, 0.717) is 16.5 Å². The van der Waals surface area contributed by atoms with Crippen LogP contribution in [-0.2, 0) is 4.84 Å². The first-order valence-corrected chi connectivity index (χ1v) is 7.45. The highest BCUT2D eigenvalue weighted by atomic mass is 16.7. The van der Waals surface area contributed by atoms with E-state index >= 15 is 0 Å². The Morgan fingerprint density at radius 1 is 0.913 bits per heavy atom. The van der Waals surface area contributed by atoms with Crippen molar-refractivity contribution >= 4 is 17.8 Å².